The van der Waals surface area contributed by atoms with Crippen LogP contribution in [-0.2, 0) is 0 Å². The summed E-state index contributed by atoms with van der Waals surface area (Å²) in [6, 6.07) is 0.0885. The summed E-state index contributed by atoms with van der Waals surface area (Å²) in [7, 11) is 0. The number of hydrogen-bond donors (Lipinski definition) is 2. The number of rotatable bonds is 2. The summed E-state index contributed by atoms with van der Waals surface area (Å²) < 4.78 is 5.32. The zero-order chi connectivity index (χ0) is 13.1. The van der Waals surface area contributed by atoms with Crippen LogP contribution in [0.25, 0.3) is 0 Å². The van der Waals surface area contributed by atoms with Gasteiger partial charge in [0.25, 0.3) is 5.91 Å². The largest absolute Gasteiger partial charge is 0.436 e. The number of oxazole rings is 1. The van der Waals surface area contributed by atoms with Gasteiger partial charge in [-0.1, -0.05) is 19.3 Å². The van der Waals surface area contributed by atoms with E-state index in [1.807, 2.05) is 0 Å². The highest BCUT2D eigenvalue weighted by Gasteiger charge is 2.25. The quantitative estimate of drug-likeness (QED) is 0.784. The van der Waals surface area contributed by atoms with Crippen molar-refractivity contribution < 1.29 is 9.21 Å². The zero-order valence-corrected chi connectivity index (χ0v) is 11.0. The second-order valence-electron chi connectivity index (χ2n) is 5.03. The minimum atomic E-state index is -0.199. The summed E-state index contributed by atoms with van der Waals surface area (Å²) in [4.78, 5) is 16.2. The number of nitrogens with two attached hydrogens (primary N) is 1. The molecule has 5 heteroatoms. The number of carbonyl (C=O) groups is 1. The molecule has 0 aromatic carbocycles. The van der Waals surface area contributed by atoms with E-state index in [9.17, 15) is 4.79 Å². The van der Waals surface area contributed by atoms with Crippen molar-refractivity contribution in [2.75, 3.05) is 0 Å². The minimum Gasteiger partial charge on any atom is -0.436 e. The average molecular weight is 251 g/mol. The first-order chi connectivity index (χ1) is 8.58. The lowest BCUT2D eigenvalue weighted by Gasteiger charge is -2.22. The highest BCUT2D eigenvalue weighted by Crippen LogP contribution is 2.18. The summed E-state index contributed by atoms with van der Waals surface area (Å²) in [5, 5.41) is 2.98. The number of nitrogens with zero attached hydrogens (tertiary/aromatic N) is 1. The van der Waals surface area contributed by atoms with E-state index in [2.05, 4.69) is 10.3 Å². The smallest absolute Gasteiger partial charge is 0.289 e. The topological polar surface area (TPSA) is 81.2 Å². The maximum Gasteiger partial charge on any atom is 0.289 e. The number of amides is 1. The Morgan fingerprint density at radius 2 is 2.06 bits per heavy atom. The van der Waals surface area contributed by atoms with Crippen molar-refractivity contribution in [3.05, 3.63) is 17.3 Å². The van der Waals surface area contributed by atoms with Crippen LogP contribution in [0.15, 0.2) is 4.42 Å². The predicted molar refractivity (Wildman–Crippen MR) is 68.3 cm³/mol. The van der Waals surface area contributed by atoms with Crippen LogP contribution in [0.4, 0.5) is 0 Å². The summed E-state index contributed by atoms with van der Waals surface area (Å²) in [6.45, 7) is 3.51. The van der Waals surface area contributed by atoms with Crippen molar-refractivity contribution in [1.29, 1.82) is 0 Å². The van der Waals surface area contributed by atoms with Crippen molar-refractivity contribution in [1.82, 2.24) is 10.3 Å². The van der Waals surface area contributed by atoms with Gasteiger partial charge in [-0.15, -0.1) is 0 Å². The highest BCUT2D eigenvalue weighted by molar-refractivity contribution is 5.92. The first-order valence-corrected chi connectivity index (χ1v) is 6.58. The molecule has 2 unspecified atom stereocenters. The predicted octanol–water partition coefficient (Wildman–Crippen LogP) is 1.68. The van der Waals surface area contributed by atoms with Gasteiger partial charge in [0, 0.05) is 19.0 Å². The van der Waals surface area contributed by atoms with E-state index in [0.717, 1.165) is 25.7 Å². The van der Waals surface area contributed by atoms with Crippen molar-refractivity contribution in [2.45, 2.75) is 58.0 Å². The molecule has 1 amide bonds. The molecule has 1 aliphatic carbocycles. The minimum absolute atomic E-state index is 0.0424. The van der Waals surface area contributed by atoms with E-state index in [-0.39, 0.29) is 18.0 Å². The lowest BCUT2D eigenvalue weighted by atomic mass is 10.0. The summed E-state index contributed by atoms with van der Waals surface area (Å²) in [5.74, 6) is 0.627. The third-order valence-electron chi connectivity index (χ3n) is 3.50. The summed E-state index contributed by atoms with van der Waals surface area (Å²) >= 11 is 0. The van der Waals surface area contributed by atoms with E-state index in [1.165, 1.54) is 6.42 Å². The first kappa shape index (κ1) is 13.1. The standard InChI is InChI=1S/C13H21N3O2/c1-8-12(18-9(2)15-8)13(17)16-11-7-5-3-4-6-10(11)14/h10-11H,3-7,14H2,1-2H3,(H,16,17). The molecule has 18 heavy (non-hydrogen) atoms. The summed E-state index contributed by atoms with van der Waals surface area (Å²) in [5.41, 5.74) is 6.72. The Kier molecular flexibility index (Phi) is 4.01. The van der Waals surface area contributed by atoms with Crippen molar-refractivity contribution in [2.24, 2.45) is 5.73 Å². The molecule has 5 nitrogen and oxygen atoms in total. The molecular formula is C13H21N3O2. The summed E-state index contributed by atoms with van der Waals surface area (Å²) in [6.07, 6.45) is 5.37. The molecule has 0 spiro atoms. The highest BCUT2D eigenvalue weighted by atomic mass is 16.4. The molecule has 0 radical (unpaired) electrons. The molecule has 1 aromatic rings. The Bertz CT molecular complexity index is 428. The molecule has 0 aliphatic heterocycles. The van der Waals surface area contributed by atoms with Gasteiger partial charge in [0.1, 0.15) is 0 Å². The lowest BCUT2D eigenvalue weighted by Crippen LogP contribution is -2.47. The van der Waals surface area contributed by atoms with Gasteiger partial charge in [0.15, 0.2) is 5.89 Å². The SMILES string of the molecule is Cc1nc(C)c(C(=O)NC2CCCCCC2N)o1. The van der Waals surface area contributed by atoms with Gasteiger partial charge in [-0.05, 0) is 19.8 Å². The van der Waals surface area contributed by atoms with Crippen LogP contribution < -0.4 is 11.1 Å². The molecule has 1 heterocycles. The fourth-order valence-corrected chi connectivity index (χ4v) is 2.49. The normalized spacial score (nSPS) is 24.6. The van der Waals surface area contributed by atoms with E-state index < -0.39 is 0 Å². The number of aryl methyl sites for hydroxylation is 2. The second-order valence-corrected chi connectivity index (χ2v) is 5.03. The molecule has 2 atom stereocenters. The molecular weight excluding hydrogens is 230 g/mol. The molecule has 1 aromatic heterocycles. The maximum atomic E-state index is 12.1. The van der Waals surface area contributed by atoms with Crippen molar-refractivity contribution in [3.8, 4) is 0 Å². The fraction of sp³-hybridized carbons (Fsp3) is 0.692. The molecule has 0 bridgehead atoms. The van der Waals surface area contributed by atoms with E-state index in [1.54, 1.807) is 13.8 Å². The van der Waals surface area contributed by atoms with Crippen LogP contribution in [-0.4, -0.2) is 23.0 Å². The van der Waals surface area contributed by atoms with E-state index in [0.29, 0.717) is 17.3 Å². The number of nitrogens with one attached hydrogen (secondary N) is 1. The molecule has 1 saturated carbocycles. The maximum absolute atomic E-state index is 12.1. The number of hydrogen-bond acceptors (Lipinski definition) is 4. The molecule has 100 valence electrons. The molecule has 1 fully saturated rings. The lowest BCUT2D eigenvalue weighted by molar-refractivity contribution is 0.0898. The van der Waals surface area contributed by atoms with Gasteiger partial charge in [0.2, 0.25) is 5.76 Å². The van der Waals surface area contributed by atoms with Gasteiger partial charge < -0.3 is 15.5 Å². The monoisotopic (exact) mass is 251 g/mol. The zero-order valence-electron chi connectivity index (χ0n) is 11.0. The van der Waals surface area contributed by atoms with Crippen LogP contribution in [0, 0.1) is 13.8 Å². The molecule has 3 N–H and O–H groups in total. The third kappa shape index (κ3) is 2.90. The second kappa shape index (κ2) is 5.52. The Labute approximate surface area is 107 Å². The average Bonchev–Trinajstić information content (AvgIpc) is 2.52. The fourth-order valence-electron chi connectivity index (χ4n) is 2.49. The molecule has 1 aliphatic rings. The van der Waals surface area contributed by atoms with Crippen LogP contribution in [0.1, 0.15) is 54.2 Å². The van der Waals surface area contributed by atoms with E-state index in [4.69, 9.17) is 10.2 Å². The van der Waals surface area contributed by atoms with Gasteiger partial charge >= 0.3 is 0 Å². The van der Waals surface area contributed by atoms with Gasteiger partial charge in [0.05, 0.1) is 5.69 Å². The van der Waals surface area contributed by atoms with E-state index >= 15 is 0 Å². The molecule has 2 rings (SSSR count). The Hall–Kier alpha value is -1.36. The van der Waals surface area contributed by atoms with Crippen LogP contribution in [0.3, 0.4) is 0 Å². The molecule has 0 saturated heterocycles. The Morgan fingerprint density at radius 3 is 2.72 bits per heavy atom. The Balaban J connectivity index is 2.04. The van der Waals surface area contributed by atoms with Gasteiger partial charge in [-0.25, -0.2) is 4.98 Å². The Morgan fingerprint density at radius 1 is 1.33 bits per heavy atom. The number of aromatic nitrogens is 1. The number of carbonyl (C=O) groups excluding carboxylic acids is 1. The van der Waals surface area contributed by atoms with Gasteiger partial charge in [-0.3, -0.25) is 4.79 Å². The third-order valence-corrected chi connectivity index (χ3v) is 3.50. The van der Waals surface area contributed by atoms with Crippen LogP contribution in [0.5, 0.6) is 0 Å². The van der Waals surface area contributed by atoms with Crippen molar-refractivity contribution >= 4 is 5.91 Å². The van der Waals surface area contributed by atoms with Gasteiger partial charge in [-0.2, -0.15) is 0 Å². The van der Waals surface area contributed by atoms with Crippen molar-refractivity contribution in [3.63, 3.8) is 0 Å². The first-order valence-electron chi connectivity index (χ1n) is 6.58. The van der Waals surface area contributed by atoms with Crippen LogP contribution in [0.2, 0.25) is 0 Å². The van der Waals surface area contributed by atoms with Crippen LogP contribution >= 0.6 is 0 Å².